The van der Waals surface area contributed by atoms with Crippen LogP contribution in [0.3, 0.4) is 0 Å². The summed E-state index contributed by atoms with van der Waals surface area (Å²) in [4.78, 5) is 13.8. The first-order chi connectivity index (χ1) is 7.52. The van der Waals surface area contributed by atoms with Crippen molar-refractivity contribution in [2.24, 2.45) is 11.7 Å². The Morgan fingerprint density at radius 1 is 1.50 bits per heavy atom. The molecule has 4 heteroatoms. The van der Waals surface area contributed by atoms with Gasteiger partial charge in [-0.2, -0.15) is 0 Å². The third kappa shape index (κ3) is 3.19. The summed E-state index contributed by atoms with van der Waals surface area (Å²) in [5.41, 5.74) is 5.54. The number of amides is 1. The Balaban J connectivity index is 2.44. The lowest BCUT2D eigenvalue weighted by Gasteiger charge is -2.36. The minimum atomic E-state index is -0.444. The van der Waals surface area contributed by atoms with Gasteiger partial charge in [-0.3, -0.25) is 4.79 Å². The van der Waals surface area contributed by atoms with Gasteiger partial charge in [-0.25, -0.2) is 0 Å². The lowest BCUT2D eigenvalue weighted by atomic mass is 9.77. The fourth-order valence-electron chi connectivity index (χ4n) is 2.36. The van der Waals surface area contributed by atoms with Crippen LogP contribution in [-0.2, 0) is 4.79 Å². The zero-order chi connectivity index (χ0) is 12.2. The Morgan fingerprint density at radius 2 is 2.06 bits per heavy atom. The van der Waals surface area contributed by atoms with E-state index in [0.29, 0.717) is 0 Å². The molecule has 4 nitrogen and oxygen atoms in total. The highest BCUT2D eigenvalue weighted by Crippen LogP contribution is 2.31. The third-order valence-electron chi connectivity index (χ3n) is 3.58. The van der Waals surface area contributed by atoms with Crippen molar-refractivity contribution in [3.63, 3.8) is 0 Å². The summed E-state index contributed by atoms with van der Waals surface area (Å²) in [7, 11) is 1.86. The van der Waals surface area contributed by atoms with Crippen LogP contribution in [0.25, 0.3) is 0 Å². The van der Waals surface area contributed by atoms with Gasteiger partial charge in [0.25, 0.3) is 0 Å². The molecule has 0 aliphatic heterocycles. The molecule has 1 rings (SSSR count). The topological polar surface area (TPSA) is 66.6 Å². The van der Waals surface area contributed by atoms with Gasteiger partial charge in [0.05, 0.1) is 6.61 Å². The summed E-state index contributed by atoms with van der Waals surface area (Å²) in [5.74, 6) is 0.349. The molecule has 0 atom stereocenters. The first kappa shape index (κ1) is 13.5. The van der Waals surface area contributed by atoms with E-state index in [1.54, 1.807) is 0 Å². The standard InChI is InChI=1S/C12H24N2O2/c1-3-8-14(2)11(16)10-4-6-12(13,9-15)7-5-10/h10,15H,3-9,13H2,1-2H3. The number of aliphatic hydroxyl groups excluding tert-OH is 1. The van der Waals surface area contributed by atoms with Crippen molar-refractivity contribution < 1.29 is 9.90 Å². The molecule has 1 amide bonds. The van der Waals surface area contributed by atoms with E-state index in [9.17, 15) is 4.79 Å². The van der Waals surface area contributed by atoms with Crippen LogP contribution in [-0.4, -0.2) is 41.7 Å². The minimum absolute atomic E-state index is 0.0265. The molecule has 1 fully saturated rings. The Morgan fingerprint density at radius 3 is 2.50 bits per heavy atom. The van der Waals surface area contributed by atoms with Gasteiger partial charge in [-0.1, -0.05) is 6.92 Å². The van der Waals surface area contributed by atoms with Gasteiger partial charge < -0.3 is 15.7 Å². The summed E-state index contributed by atoms with van der Waals surface area (Å²) in [6, 6.07) is 0. The van der Waals surface area contributed by atoms with E-state index >= 15 is 0 Å². The van der Waals surface area contributed by atoms with Gasteiger partial charge in [0.2, 0.25) is 5.91 Å². The molecule has 0 bridgehead atoms. The Hall–Kier alpha value is -0.610. The average Bonchev–Trinajstić information content (AvgIpc) is 2.29. The Kier molecular flexibility index (Phi) is 4.74. The molecule has 1 aliphatic carbocycles. The van der Waals surface area contributed by atoms with Crippen LogP contribution in [0.2, 0.25) is 0 Å². The molecular formula is C12H24N2O2. The van der Waals surface area contributed by atoms with Crippen LogP contribution in [0.1, 0.15) is 39.0 Å². The molecule has 0 saturated heterocycles. The third-order valence-corrected chi connectivity index (χ3v) is 3.58. The van der Waals surface area contributed by atoms with Crippen LogP contribution in [0, 0.1) is 5.92 Å². The highest BCUT2D eigenvalue weighted by Gasteiger charge is 2.34. The van der Waals surface area contributed by atoms with Gasteiger partial charge in [-0.15, -0.1) is 0 Å². The number of aliphatic hydroxyl groups is 1. The number of carbonyl (C=O) groups is 1. The van der Waals surface area contributed by atoms with Gasteiger partial charge in [0, 0.05) is 25.0 Å². The van der Waals surface area contributed by atoms with Crippen LogP contribution >= 0.6 is 0 Å². The molecule has 0 spiro atoms. The van der Waals surface area contributed by atoms with Gasteiger partial charge in [0.1, 0.15) is 0 Å². The van der Waals surface area contributed by atoms with E-state index in [4.69, 9.17) is 10.8 Å². The second kappa shape index (κ2) is 5.64. The molecule has 0 heterocycles. The highest BCUT2D eigenvalue weighted by atomic mass is 16.3. The maximum atomic E-state index is 12.0. The van der Waals surface area contributed by atoms with Crippen LogP contribution in [0.4, 0.5) is 0 Å². The maximum absolute atomic E-state index is 12.0. The minimum Gasteiger partial charge on any atom is -0.394 e. The summed E-state index contributed by atoms with van der Waals surface area (Å²) in [6.45, 7) is 2.92. The van der Waals surface area contributed by atoms with Crippen molar-refractivity contribution in [1.29, 1.82) is 0 Å². The second-order valence-corrected chi connectivity index (χ2v) is 5.05. The largest absolute Gasteiger partial charge is 0.394 e. The van der Waals surface area contributed by atoms with Gasteiger partial charge >= 0.3 is 0 Å². The van der Waals surface area contributed by atoms with E-state index in [-0.39, 0.29) is 18.4 Å². The zero-order valence-corrected chi connectivity index (χ0v) is 10.4. The maximum Gasteiger partial charge on any atom is 0.225 e. The van der Waals surface area contributed by atoms with Crippen LogP contribution in [0.15, 0.2) is 0 Å². The SMILES string of the molecule is CCCN(C)C(=O)C1CCC(N)(CO)CC1. The quantitative estimate of drug-likeness (QED) is 0.745. The van der Waals surface area contributed by atoms with Crippen molar-refractivity contribution in [2.75, 3.05) is 20.2 Å². The van der Waals surface area contributed by atoms with Crippen molar-refractivity contribution in [3.05, 3.63) is 0 Å². The van der Waals surface area contributed by atoms with E-state index in [2.05, 4.69) is 6.92 Å². The zero-order valence-electron chi connectivity index (χ0n) is 10.4. The summed E-state index contributed by atoms with van der Waals surface area (Å²) < 4.78 is 0. The predicted molar refractivity (Wildman–Crippen MR) is 63.9 cm³/mol. The number of hydrogen-bond acceptors (Lipinski definition) is 3. The van der Waals surface area contributed by atoms with Crippen LogP contribution in [0.5, 0.6) is 0 Å². The number of rotatable bonds is 4. The molecule has 0 unspecified atom stereocenters. The second-order valence-electron chi connectivity index (χ2n) is 5.05. The highest BCUT2D eigenvalue weighted by molar-refractivity contribution is 5.78. The lowest BCUT2D eigenvalue weighted by molar-refractivity contribution is -0.135. The molecule has 0 aromatic heterocycles. The monoisotopic (exact) mass is 228 g/mol. The molecule has 1 aliphatic rings. The lowest BCUT2D eigenvalue weighted by Crippen LogP contribution is -2.48. The fourth-order valence-corrected chi connectivity index (χ4v) is 2.36. The summed E-state index contributed by atoms with van der Waals surface area (Å²) in [6.07, 6.45) is 4.11. The van der Waals surface area contributed by atoms with E-state index < -0.39 is 5.54 Å². The van der Waals surface area contributed by atoms with Crippen LogP contribution < -0.4 is 5.73 Å². The van der Waals surface area contributed by atoms with E-state index in [0.717, 1.165) is 38.6 Å². The number of carbonyl (C=O) groups excluding carboxylic acids is 1. The molecular weight excluding hydrogens is 204 g/mol. The number of hydrogen-bond donors (Lipinski definition) is 2. The van der Waals surface area contributed by atoms with Crippen molar-refractivity contribution >= 4 is 5.91 Å². The normalized spacial score (nSPS) is 30.1. The number of nitrogens with two attached hydrogens (primary N) is 1. The summed E-state index contributed by atoms with van der Waals surface area (Å²) in [5, 5.41) is 9.15. The molecule has 0 aromatic rings. The smallest absolute Gasteiger partial charge is 0.225 e. The Labute approximate surface area is 97.8 Å². The molecule has 0 aromatic carbocycles. The molecule has 3 N–H and O–H groups in total. The molecule has 16 heavy (non-hydrogen) atoms. The van der Waals surface area contributed by atoms with E-state index in [1.807, 2.05) is 11.9 Å². The molecule has 94 valence electrons. The summed E-state index contributed by atoms with van der Waals surface area (Å²) >= 11 is 0. The van der Waals surface area contributed by atoms with E-state index in [1.165, 1.54) is 0 Å². The van der Waals surface area contributed by atoms with Crippen molar-refractivity contribution in [2.45, 2.75) is 44.6 Å². The van der Waals surface area contributed by atoms with Gasteiger partial charge in [-0.05, 0) is 32.1 Å². The van der Waals surface area contributed by atoms with Gasteiger partial charge in [0.15, 0.2) is 0 Å². The predicted octanol–water partition coefficient (Wildman–Crippen LogP) is 0.735. The fraction of sp³-hybridized carbons (Fsp3) is 0.917. The average molecular weight is 228 g/mol. The Bertz CT molecular complexity index is 235. The number of nitrogens with zero attached hydrogens (tertiary/aromatic N) is 1. The molecule has 1 saturated carbocycles. The first-order valence-corrected chi connectivity index (χ1v) is 6.17. The van der Waals surface area contributed by atoms with Crippen molar-refractivity contribution in [3.8, 4) is 0 Å². The van der Waals surface area contributed by atoms with Crippen molar-refractivity contribution in [1.82, 2.24) is 4.90 Å². The first-order valence-electron chi connectivity index (χ1n) is 6.17. The molecule has 0 radical (unpaired) electrons.